The maximum Gasteiger partial charge on any atom is 0.249 e. The van der Waals surface area contributed by atoms with Gasteiger partial charge < -0.3 is 21.3 Å². The zero-order chi connectivity index (χ0) is 17.4. The third-order valence-electron chi connectivity index (χ3n) is 5.03. The van der Waals surface area contributed by atoms with Gasteiger partial charge in [-0.15, -0.1) is 11.3 Å². The van der Waals surface area contributed by atoms with Gasteiger partial charge in [0.25, 0.3) is 0 Å². The highest BCUT2D eigenvalue weighted by atomic mass is 32.1. The Morgan fingerprint density at radius 3 is 2.39 bits per heavy atom. The summed E-state index contributed by atoms with van der Waals surface area (Å²) < 4.78 is 6.26. The Morgan fingerprint density at radius 2 is 1.91 bits per heavy atom. The van der Waals surface area contributed by atoms with Crippen molar-refractivity contribution in [2.45, 2.75) is 56.8 Å². The lowest BCUT2D eigenvalue weighted by molar-refractivity contribution is -0.158. The van der Waals surface area contributed by atoms with Crippen LogP contribution in [-0.2, 0) is 15.1 Å². The van der Waals surface area contributed by atoms with Crippen LogP contribution >= 0.6 is 11.3 Å². The lowest BCUT2D eigenvalue weighted by Gasteiger charge is -2.47. The molecule has 0 radical (unpaired) electrons. The Bertz CT molecular complexity index is 709. The third-order valence-corrected chi connectivity index (χ3v) is 6.33. The van der Waals surface area contributed by atoms with E-state index in [1.165, 1.54) is 11.3 Å². The minimum atomic E-state index is -1.54. The maximum absolute atomic E-state index is 11.9. The zero-order valence-electron chi connectivity index (χ0n) is 13.7. The van der Waals surface area contributed by atoms with E-state index in [-0.39, 0.29) is 18.3 Å². The quantitative estimate of drug-likeness (QED) is 0.768. The van der Waals surface area contributed by atoms with Crippen LogP contribution in [0.15, 0.2) is 5.38 Å². The summed E-state index contributed by atoms with van der Waals surface area (Å²) in [6.45, 7) is 7.70. The number of ether oxygens (including phenoxy) is 1. The van der Waals surface area contributed by atoms with E-state index in [1.807, 2.05) is 27.7 Å². The van der Waals surface area contributed by atoms with Gasteiger partial charge in [-0.25, -0.2) is 0 Å². The van der Waals surface area contributed by atoms with Crippen LogP contribution in [0.3, 0.4) is 0 Å². The first kappa shape index (κ1) is 16.4. The molecule has 1 aliphatic heterocycles. The molecule has 5 N–H and O–H groups in total. The minimum Gasteiger partial charge on any atom is -0.380 e. The van der Waals surface area contributed by atoms with E-state index in [9.17, 15) is 14.7 Å². The van der Waals surface area contributed by atoms with E-state index < -0.39 is 28.6 Å². The fourth-order valence-electron chi connectivity index (χ4n) is 4.09. The van der Waals surface area contributed by atoms with Crippen molar-refractivity contribution < 1.29 is 19.4 Å². The van der Waals surface area contributed by atoms with Crippen molar-refractivity contribution in [2.75, 3.05) is 0 Å². The monoisotopic (exact) mass is 338 g/mol. The third kappa shape index (κ3) is 2.21. The molecular weight excluding hydrogens is 316 g/mol. The molecule has 1 saturated carbocycles. The Balaban J connectivity index is 2.18. The van der Waals surface area contributed by atoms with Gasteiger partial charge in [-0.1, -0.05) is 0 Å². The minimum absolute atomic E-state index is 0.272. The number of primary amides is 2. The predicted octanol–water partition coefficient (Wildman–Crippen LogP) is 1.21. The van der Waals surface area contributed by atoms with Gasteiger partial charge in [0.15, 0.2) is 0 Å². The first-order valence-corrected chi connectivity index (χ1v) is 8.44. The van der Waals surface area contributed by atoms with Crippen LogP contribution in [0, 0.1) is 5.92 Å². The molecule has 1 fully saturated rings. The van der Waals surface area contributed by atoms with Crippen LogP contribution in [0.5, 0.6) is 0 Å². The van der Waals surface area contributed by atoms with Crippen LogP contribution in [-0.4, -0.2) is 28.1 Å². The van der Waals surface area contributed by atoms with Gasteiger partial charge in [0.05, 0.1) is 16.8 Å². The molecule has 2 amide bonds. The molecule has 6 nitrogen and oxygen atoms in total. The maximum atomic E-state index is 11.9. The van der Waals surface area contributed by atoms with Crippen molar-refractivity contribution in [3.63, 3.8) is 0 Å². The molecule has 0 aromatic carbocycles. The number of amides is 2. The average Bonchev–Trinajstić information content (AvgIpc) is 2.84. The molecule has 1 aliphatic carbocycles. The Morgan fingerprint density at radius 1 is 1.30 bits per heavy atom. The van der Waals surface area contributed by atoms with Gasteiger partial charge in [0, 0.05) is 22.1 Å². The molecule has 2 heterocycles. The van der Waals surface area contributed by atoms with Crippen molar-refractivity contribution in [1.29, 1.82) is 0 Å². The summed E-state index contributed by atoms with van der Waals surface area (Å²) in [5.41, 5.74) is 9.34. The van der Waals surface area contributed by atoms with Crippen molar-refractivity contribution in [3.05, 3.63) is 21.4 Å². The summed E-state index contributed by atoms with van der Waals surface area (Å²) in [6.07, 6.45) is 0.272. The van der Waals surface area contributed by atoms with Gasteiger partial charge in [-0.2, -0.15) is 0 Å². The zero-order valence-corrected chi connectivity index (χ0v) is 14.5. The molecule has 23 heavy (non-hydrogen) atoms. The normalized spacial score (nSPS) is 33.8. The van der Waals surface area contributed by atoms with Crippen molar-refractivity contribution >= 4 is 23.2 Å². The summed E-state index contributed by atoms with van der Waals surface area (Å²) in [6, 6.07) is 0. The van der Waals surface area contributed by atoms with E-state index >= 15 is 0 Å². The molecule has 1 aromatic rings. The molecule has 2 aliphatic rings. The summed E-state index contributed by atoms with van der Waals surface area (Å²) in [7, 11) is 0. The molecule has 3 atom stereocenters. The van der Waals surface area contributed by atoms with Crippen molar-refractivity contribution in [2.24, 2.45) is 17.4 Å². The number of fused-ring (bicyclic) bond motifs is 1. The molecule has 0 bridgehead atoms. The molecular formula is C16H22N2O4S. The van der Waals surface area contributed by atoms with Crippen molar-refractivity contribution in [1.82, 2.24) is 0 Å². The molecule has 3 rings (SSSR count). The second kappa shape index (κ2) is 4.55. The Kier molecular flexibility index (Phi) is 3.25. The molecule has 0 spiro atoms. The predicted molar refractivity (Wildman–Crippen MR) is 86.0 cm³/mol. The lowest BCUT2D eigenvalue weighted by Crippen LogP contribution is -2.48. The van der Waals surface area contributed by atoms with E-state index in [0.29, 0.717) is 5.56 Å². The average molecular weight is 338 g/mol. The Hall–Kier alpha value is -1.44. The van der Waals surface area contributed by atoms with E-state index in [2.05, 4.69) is 0 Å². The van der Waals surface area contributed by atoms with Crippen LogP contribution in [0.25, 0.3) is 0 Å². The highest BCUT2D eigenvalue weighted by Crippen LogP contribution is 2.62. The lowest BCUT2D eigenvalue weighted by atomic mass is 9.73. The molecule has 1 aromatic heterocycles. The second-order valence-corrected chi connectivity index (χ2v) is 8.43. The van der Waals surface area contributed by atoms with E-state index in [0.717, 1.165) is 10.4 Å². The second-order valence-electron chi connectivity index (χ2n) is 7.55. The molecule has 126 valence electrons. The van der Waals surface area contributed by atoms with Gasteiger partial charge >= 0.3 is 0 Å². The molecule has 0 saturated heterocycles. The van der Waals surface area contributed by atoms with Gasteiger partial charge in [0.2, 0.25) is 11.8 Å². The fraction of sp³-hybridized carbons (Fsp3) is 0.625. The van der Waals surface area contributed by atoms with Crippen LogP contribution in [0.4, 0.5) is 0 Å². The topological polar surface area (TPSA) is 116 Å². The molecule has 3 unspecified atom stereocenters. The summed E-state index contributed by atoms with van der Waals surface area (Å²) in [5, 5.41) is 12.2. The van der Waals surface area contributed by atoms with Crippen LogP contribution in [0.1, 0.15) is 60.8 Å². The Labute approximate surface area is 138 Å². The summed E-state index contributed by atoms with van der Waals surface area (Å²) in [5.74, 6) is -1.95. The number of aliphatic hydroxyl groups is 1. The standard InChI is InChI=1S/C16H22N2O4S/c1-14(2)10(8-5-16(8,21)13(18)20)9-7(12(17)19)6-23-11(9)15(3,4)22-14/h6,8,10,21H,5H2,1-4H3,(H2,17,19)(H2,18,20). The number of carbonyl (C=O) groups is 2. The number of carbonyl (C=O) groups excluding carboxylic acids is 2. The van der Waals surface area contributed by atoms with Gasteiger partial charge in [0.1, 0.15) is 5.60 Å². The fourth-order valence-corrected chi connectivity index (χ4v) is 5.26. The summed E-state index contributed by atoms with van der Waals surface area (Å²) >= 11 is 1.42. The first-order chi connectivity index (χ1) is 10.4. The van der Waals surface area contributed by atoms with Crippen LogP contribution < -0.4 is 11.5 Å². The highest BCUT2D eigenvalue weighted by Gasteiger charge is 2.66. The van der Waals surface area contributed by atoms with Crippen molar-refractivity contribution in [3.8, 4) is 0 Å². The van der Waals surface area contributed by atoms with Gasteiger partial charge in [-0.3, -0.25) is 9.59 Å². The number of hydrogen-bond donors (Lipinski definition) is 3. The van der Waals surface area contributed by atoms with Crippen LogP contribution in [0.2, 0.25) is 0 Å². The largest absolute Gasteiger partial charge is 0.380 e. The number of rotatable bonds is 3. The highest BCUT2D eigenvalue weighted by molar-refractivity contribution is 7.10. The van der Waals surface area contributed by atoms with E-state index in [1.54, 1.807) is 5.38 Å². The number of hydrogen-bond acceptors (Lipinski definition) is 5. The number of nitrogens with two attached hydrogens (primary N) is 2. The first-order valence-electron chi connectivity index (χ1n) is 7.56. The smallest absolute Gasteiger partial charge is 0.249 e. The summed E-state index contributed by atoms with van der Waals surface area (Å²) in [4.78, 5) is 24.4. The molecule has 7 heteroatoms. The van der Waals surface area contributed by atoms with Gasteiger partial charge in [-0.05, 0) is 39.7 Å². The SMILES string of the molecule is CC1(C)OC(C)(C)C(C2CC2(O)C(N)=O)c2c(C(N)=O)csc21. The number of thiophene rings is 1. The van der Waals surface area contributed by atoms with E-state index in [4.69, 9.17) is 16.2 Å².